The van der Waals surface area contributed by atoms with Gasteiger partial charge in [-0.2, -0.15) is 0 Å². The second kappa shape index (κ2) is 11.8. The topological polar surface area (TPSA) is 20.2 Å². The van der Waals surface area contributed by atoms with E-state index in [9.17, 15) is 0 Å². The van der Waals surface area contributed by atoms with Crippen LogP contribution >= 0.6 is 0 Å². The van der Waals surface area contributed by atoms with Crippen molar-refractivity contribution in [1.82, 2.24) is 0 Å². The van der Waals surface area contributed by atoms with E-state index in [2.05, 4.69) is 0 Å². The Labute approximate surface area is 69.8 Å². The van der Waals surface area contributed by atoms with Gasteiger partial charge in [0.05, 0.1) is 0 Å². The summed E-state index contributed by atoms with van der Waals surface area (Å²) in [7, 11) is 0. The first-order valence-corrected chi connectivity index (χ1v) is 3.96. The molecule has 0 saturated heterocycles. The molecule has 0 spiro atoms. The molecule has 0 aromatic heterocycles. The summed E-state index contributed by atoms with van der Waals surface area (Å²) in [6.07, 6.45) is 8.71. The predicted octanol–water partition coefficient (Wildman–Crippen LogP) is 3.61. The molecule has 0 aromatic carbocycles. The summed E-state index contributed by atoms with van der Waals surface area (Å²) in [6.45, 7) is 7.76. The molecule has 0 aliphatic rings. The Hall–Kier alpha value is -0.980. The maximum absolute atomic E-state index is 8.90. The van der Waals surface area contributed by atoms with Gasteiger partial charge in [-0.15, -0.1) is 0 Å². The summed E-state index contributed by atoms with van der Waals surface area (Å²) in [4.78, 5) is 0. The van der Waals surface area contributed by atoms with Gasteiger partial charge in [-0.25, -0.2) is 0 Å². The van der Waals surface area contributed by atoms with Gasteiger partial charge in [-0.3, -0.25) is 0 Å². The van der Waals surface area contributed by atoms with Gasteiger partial charge in [0.15, 0.2) is 0 Å². The maximum atomic E-state index is 8.90. The predicted molar refractivity (Wildman–Crippen MR) is 51.7 cm³/mol. The van der Waals surface area contributed by atoms with Crippen molar-refractivity contribution in [2.75, 3.05) is 0 Å². The highest BCUT2D eigenvalue weighted by Gasteiger charge is 1.75. The molecule has 0 unspecified atom stereocenters. The quantitative estimate of drug-likeness (QED) is 0.476. The van der Waals surface area contributed by atoms with E-state index in [1.807, 2.05) is 33.8 Å². The standard InChI is InChI=1S/C8H12O.C2H6/c1-3-5-7-8(9)6-4-2;1-2/h3-7,9H,1-2H3;1-2H3/b5-3-,6-4-,8-7+;. The minimum atomic E-state index is 0.288. The van der Waals surface area contributed by atoms with Crippen LogP contribution in [0.4, 0.5) is 0 Å². The van der Waals surface area contributed by atoms with E-state index in [-0.39, 0.29) is 5.76 Å². The van der Waals surface area contributed by atoms with Crippen molar-refractivity contribution in [2.45, 2.75) is 27.7 Å². The Morgan fingerprint density at radius 3 is 2.00 bits per heavy atom. The Bertz CT molecular complexity index is 141. The zero-order chi connectivity index (χ0) is 9.11. The minimum absolute atomic E-state index is 0.288. The first-order chi connectivity index (χ1) is 5.31. The number of allylic oxidation sites excluding steroid dienone is 5. The summed E-state index contributed by atoms with van der Waals surface area (Å²) >= 11 is 0. The van der Waals surface area contributed by atoms with E-state index in [1.165, 1.54) is 0 Å². The van der Waals surface area contributed by atoms with Crippen molar-refractivity contribution >= 4 is 0 Å². The largest absolute Gasteiger partial charge is 0.508 e. The molecule has 0 bridgehead atoms. The average molecular weight is 154 g/mol. The van der Waals surface area contributed by atoms with E-state index in [0.29, 0.717) is 0 Å². The van der Waals surface area contributed by atoms with Gasteiger partial charge in [0, 0.05) is 0 Å². The molecular weight excluding hydrogens is 136 g/mol. The van der Waals surface area contributed by atoms with Crippen molar-refractivity contribution < 1.29 is 5.11 Å². The van der Waals surface area contributed by atoms with E-state index in [1.54, 1.807) is 24.3 Å². The van der Waals surface area contributed by atoms with Gasteiger partial charge < -0.3 is 5.11 Å². The monoisotopic (exact) mass is 154 g/mol. The summed E-state index contributed by atoms with van der Waals surface area (Å²) in [6, 6.07) is 0. The fraction of sp³-hybridized carbons (Fsp3) is 0.400. The SMILES string of the molecule is CC.C\C=C/C=C(O)\C=C/C. The van der Waals surface area contributed by atoms with Crippen molar-refractivity contribution in [1.29, 1.82) is 0 Å². The normalized spacial score (nSPS) is 11.8. The van der Waals surface area contributed by atoms with Crippen LogP contribution in [0, 0.1) is 0 Å². The lowest BCUT2D eigenvalue weighted by molar-refractivity contribution is 0.432. The Balaban J connectivity index is 0. The summed E-state index contributed by atoms with van der Waals surface area (Å²) < 4.78 is 0. The van der Waals surface area contributed by atoms with Crippen LogP contribution in [-0.4, -0.2) is 5.11 Å². The zero-order valence-corrected chi connectivity index (χ0v) is 7.83. The third kappa shape index (κ3) is 12.3. The molecule has 0 atom stereocenters. The van der Waals surface area contributed by atoms with E-state index in [0.717, 1.165) is 0 Å². The van der Waals surface area contributed by atoms with Gasteiger partial charge >= 0.3 is 0 Å². The molecule has 1 heteroatoms. The van der Waals surface area contributed by atoms with Gasteiger partial charge in [0.1, 0.15) is 5.76 Å². The highest BCUT2D eigenvalue weighted by molar-refractivity contribution is 5.15. The van der Waals surface area contributed by atoms with Crippen LogP contribution in [0.15, 0.2) is 36.1 Å². The molecule has 1 N–H and O–H groups in total. The Morgan fingerprint density at radius 1 is 1.09 bits per heavy atom. The van der Waals surface area contributed by atoms with Gasteiger partial charge in [0.2, 0.25) is 0 Å². The molecule has 11 heavy (non-hydrogen) atoms. The van der Waals surface area contributed by atoms with E-state index in [4.69, 9.17) is 5.11 Å². The molecule has 64 valence electrons. The second-order valence-electron chi connectivity index (χ2n) is 1.62. The molecule has 0 amide bonds. The summed E-state index contributed by atoms with van der Waals surface area (Å²) in [5.74, 6) is 0.288. The van der Waals surface area contributed by atoms with Crippen LogP contribution in [-0.2, 0) is 0 Å². The Kier molecular flexibility index (Phi) is 13.6. The third-order valence-corrected chi connectivity index (χ3v) is 0.797. The van der Waals surface area contributed by atoms with Crippen molar-refractivity contribution in [3.05, 3.63) is 36.1 Å². The number of hydrogen-bond acceptors (Lipinski definition) is 1. The van der Waals surface area contributed by atoms with Crippen molar-refractivity contribution in [3.8, 4) is 0 Å². The number of aliphatic hydroxyl groups excluding tert-OH is 1. The van der Waals surface area contributed by atoms with Crippen LogP contribution in [0.5, 0.6) is 0 Å². The van der Waals surface area contributed by atoms with Crippen LogP contribution in [0.2, 0.25) is 0 Å². The van der Waals surface area contributed by atoms with Gasteiger partial charge in [-0.05, 0) is 26.0 Å². The number of aliphatic hydroxyl groups is 1. The van der Waals surface area contributed by atoms with Gasteiger partial charge in [-0.1, -0.05) is 32.1 Å². The Morgan fingerprint density at radius 2 is 1.64 bits per heavy atom. The third-order valence-electron chi connectivity index (χ3n) is 0.797. The molecule has 0 aromatic rings. The molecule has 0 aliphatic carbocycles. The van der Waals surface area contributed by atoms with E-state index >= 15 is 0 Å². The van der Waals surface area contributed by atoms with Crippen LogP contribution in [0.1, 0.15) is 27.7 Å². The number of hydrogen-bond donors (Lipinski definition) is 1. The maximum Gasteiger partial charge on any atom is 0.115 e. The van der Waals surface area contributed by atoms with Crippen molar-refractivity contribution in [2.24, 2.45) is 0 Å². The molecule has 0 radical (unpaired) electrons. The lowest BCUT2D eigenvalue weighted by atomic mass is 10.4. The summed E-state index contributed by atoms with van der Waals surface area (Å²) in [5.41, 5.74) is 0. The fourth-order valence-electron chi connectivity index (χ4n) is 0.421. The molecule has 0 aliphatic heterocycles. The highest BCUT2D eigenvalue weighted by atomic mass is 16.3. The second-order valence-corrected chi connectivity index (χ2v) is 1.62. The lowest BCUT2D eigenvalue weighted by Crippen LogP contribution is -1.68. The molecular formula is C10H18O. The highest BCUT2D eigenvalue weighted by Crippen LogP contribution is 1.90. The van der Waals surface area contributed by atoms with Crippen LogP contribution < -0.4 is 0 Å². The van der Waals surface area contributed by atoms with E-state index < -0.39 is 0 Å². The van der Waals surface area contributed by atoms with Crippen LogP contribution in [0.25, 0.3) is 0 Å². The average Bonchev–Trinajstić information content (AvgIpc) is 2.05. The van der Waals surface area contributed by atoms with Crippen LogP contribution in [0.3, 0.4) is 0 Å². The molecule has 0 saturated carbocycles. The minimum Gasteiger partial charge on any atom is -0.508 e. The first kappa shape index (κ1) is 12.7. The summed E-state index contributed by atoms with van der Waals surface area (Å²) in [5, 5.41) is 8.90. The molecule has 0 heterocycles. The molecule has 0 fully saturated rings. The fourth-order valence-corrected chi connectivity index (χ4v) is 0.421. The number of rotatable bonds is 2. The zero-order valence-electron chi connectivity index (χ0n) is 7.83. The smallest absolute Gasteiger partial charge is 0.115 e. The van der Waals surface area contributed by atoms with Crippen molar-refractivity contribution in [3.63, 3.8) is 0 Å². The van der Waals surface area contributed by atoms with Gasteiger partial charge in [0.25, 0.3) is 0 Å². The molecule has 0 rings (SSSR count). The lowest BCUT2D eigenvalue weighted by Gasteiger charge is -1.83. The molecule has 1 nitrogen and oxygen atoms in total. The first-order valence-electron chi connectivity index (χ1n) is 3.96.